The van der Waals surface area contributed by atoms with Crippen molar-refractivity contribution in [1.82, 2.24) is 9.62 Å². The fraction of sp³-hybridized carbons (Fsp3) is 1.00. The van der Waals surface area contributed by atoms with E-state index < -0.39 is 25.1 Å². The highest BCUT2D eigenvalue weighted by atomic mass is 32.2. The SMILES string of the molecule is CC(C)N(CC1CCCCN1)S(=O)(=O)C1CCS(=O)(=O)C1. The summed E-state index contributed by atoms with van der Waals surface area (Å²) in [6.07, 6.45) is 3.45. The fourth-order valence-electron chi connectivity index (χ4n) is 3.09. The van der Waals surface area contributed by atoms with Gasteiger partial charge in [0.05, 0.1) is 16.8 Å². The van der Waals surface area contributed by atoms with Crippen LogP contribution in [0.15, 0.2) is 0 Å². The zero-order chi connectivity index (χ0) is 15.7. The molecule has 2 heterocycles. The van der Waals surface area contributed by atoms with Gasteiger partial charge in [0.1, 0.15) is 0 Å². The highest BCUT2D eigenvalue weighted by molar-refractivity contribution is 7.95. The van der Waals surface area contributed by atoms with E-state index in [1.54, 1.807) is 0 Å². The molecule has 2 aliphatic heterocycles. The van der Waals surface area contributed by atoms with Gasteiger partial charge in [0.2, 0.25) is 10.0 Å². The molecule has 0 aromatic rings. The van der Waals surface area contributed by atoms with Gasteiger partial charge < -0.3 is 5.32 Å². The van der Waals surface area contributed by atoms with E-state index in [0.29, 0.717) is 6.54 Å². The first-order valence-corrected chi connectivity index (χ1v) is 11.0. The van der Waals surface area contributed by atoms with Crippen molar-refractivity contribution in [2.24, 2.45) is 0 Å². The summed E-state index contributed by atoms with van der Waals surface area (Å²) < 4.78 is 50.2. The number of hydrogen-bond acceptors (Lipinski definition) is 5. The third kappa shape index (κ3) is 4.18. The Hall–Kier alpha value is -0.180. The molecule has 0 amide bonds. The number of piperidine rings is 1. The second-order valence-corrected chi connectivity index (χ2v) is 10.8. The maximum Gasteiger partial charge on any atom is 0.218 e. The Kier molecular flexibility index (Phi) is 5.33. The molecular weight excluding hydrogens is 312 g/mol. The maximum absolute atomic E-state index is 12.8. The number of sulfone groups is 1. The Morgan fingerprint density at radius 1 is 1.24 bits per heavy atom. The van der Waals surface area contributed by atoms with Gasteiger partial charge in [-0.2, -0.15) is 4.31 Å². The lowest BCUT2D eigenvalue weighted by molar-refractivity contribution is 0.280. The van der Waals surface area contributed by atoms with E-state index in [2.05, 4.69) is 5.32 Å². The summed E-state index contributed by atoms with van der Waals surface area (Å²) in [6.45, 7) is 5.07. The molecule has 124 valence electrons. The van der Waals surface area contributed by atoms with Crippen LogP contribution in [0.5, 0.6) is 0 Å². The van der Waals surface area contributed by atoms with Gasteiger partial charge in [-0.05, 0) is 39.7 Å². The largest absolute Gasteiger partial charge is 0.313 e. The molecule has 0 aliphatic carbocycles. The molecule has 2 rings (SSSR count). The summed E-state index contributed by atoms with van der Waals surface area (Å²) in [7, 11) is -6.75. The van der Waals surface area contributed by atoms with Crippen LogP contribution in [0.3, 0.4) is 0 Å². The van der Waals surface area contributed by atoms with Crippen molar-refractivity contribution < 1.29 is 16.8 Å². The van der Waals surface area contributed by atoms with Crippen LogP contribution in [0.1, 0.15) is 39.5 Å². The number of nitrogens with one attached hydrogen (secondary N) is 1. The lowest BCUT2D eigenvalue weighted by atomic mass is 10.1. The van der Waals surface area contributed by atoms with Gasteiger partial charge in [0.25, 0.3) is 0 Å². The minimum atomic E-state index is -3.56. The second kappa shape index (κ2) is 6.52. The zero-order valence-electron chi connectivity index (χ0n) is 12.8. The standard InChI is InChI=1S/C13H26N2O4S2/c1-11(2)15(9-12-5-3-4-7-14-12)21(18,19)13-6-8-20(16,17)10-13/h11-14H,3-10H2,1-2H3. The molecule has 0 radical (unpaired) electrons. The van der Waals surface area contributed by atoms with Crippen molar-refractivity contribution >= 4 is 19.9 Å². The van der Waals surface area contributed by atoms with Crippen LogP contribution in [-0.4, -0.2) is 63.1 Å². The molecule has 6 nitrogen and oxygen atoms in total. The molecule has 1 N–H and O–H groups in total. The average molecular weight is 338 g/mol. The first-order valence-electron chi connectivity index (χ1n) is 7.67. The third-order valence-electron chi connectivity index (χ3n) is 4.33. The summed E-state index contributed by atoms with van der Waals surface area (Å²) in [5.74, 6) is -0.235. The quantitative estimate of drug-likeness (QED) is 0.782. The number of hydrogen-bond donors (Lipinski definition) is 1. The maximum atomic E-state index is 12.8. The van der Waals surface area contributed by atoms with Crippen molar-refractivity contribution in [3.8, 4) is 0 Å². The van der Waals surface area contributed by atoms with Crippen LogP contribution in [0, 0.1) is 0 Å². The van der Waals surface area contributed by atoms with Gasteiger partial charge in [0, 0.05) is 18.6 Å². The van der Waals surface area contributed by atoms with Crippen LogP contribution in [0.4, 0.5) is 0 Å². The Morgan fingerprint density at radius 2 is 1.95 bits per heavy atom. The normalized spacial score (nSPS) is 30.1. The Morgan fingerprint density at radius 3 is 2.43 bits per heavy atom. The van der Waals surface area contributed by atoms with E-state index in [1.807, 2.05) is 13.8 Å². The molecule has 0 bridgehead atoms. The van der Waals surface area contributed by atoms with Gasteiger partial charge in [0.15, 0.2) is 9.84 Å². The van der Waals surface area contributed by atoms with Gasteiger partial charge >= 0.3 is 0 Å². The lowest BCUT2D eigenvalue weighted by Gasteiger charge is -2.33. The summed E-state index contributed by atoms with van der Waals surface area (Å²) in [5, 5.41) is 2.59. The molecule has 2 fully saturated rings. The van der Waals surface area contributed by atoms with Gasteiger partial charge in [-0.3, -0.25) is 0 Å². The number of rotatable bonds is 5. The van der Waals surface area contributed by atoms with E-state index in [1.165, 1.54) is 4.31 Å². The van der Waals surface area contributed by atoms with Crippen molar-refractivity contribution in [2.75, 3.05) is 24.6 Å². The summed E-state index contributed by atoms with van der Waals surface area (Å²) >= 11 is 0. The van der Waals surface area contributed by atoms with Crippen LogP contribution < -0.4 is 5.32 Å². The molecule has 21 heavy (non-hydrogen) atoms. The van der Waals surface area contributed by atoms with Crippen molar-refractivity contribution in [3.05, 3.63) is 0 Å². The van der Waals surface area contributed by atoms with E-state index in [-0.39, 0.29) is 30.0 Å². The van der Waals surface area contributed by atoms with Gasteiger partial charge in [-0.15, -0.1) is 0 Å². The monoisotopic (exact) mass is 338 g/mol. The highest BCUT2D eigenvalue weighted by Crippen LogP contribution is 2.24. The second-order valence-electron chi connectivity index (χ2n) is 6.38. The third-order valence-corrected chi connectivity index (χ3v) is 8.78. The van der Waals surface area contributed by atoms with E-state index in [9.17, 15) is 16.8 Å². The van der Waals surface area contributed by atoms with Gasteiger partial charge in [-0.25, -0.2) is 16.8 Å². The molecule has 2 unspecified atom stereocenters. The van der Waals surface area contributed by atoms with Crippen LogP contribution >= 0.6 is 0 Å². The number of nitrogens with zero attached hydrogens (tertiary/aromatic N) is 1. The Balaban J connectivity index is 2.12. The molecular formula is C13H26N2O4S2. The molecule has 0 spiro atoms. The summed E-state index contributed by atoms with van der Waals surface area (Å²) in [5.41, 5.74) is 0. The predicted octanol–water partition coefficient (Wildman–Crippen LogP) is 0.356. The molecule has 2 atom stereocenters. The molecule has 0 aromatic heterocycles. The van der Waals surface area contributed by atoms with Crippen LogP contribution in [0.25, 0.3) is 0 Å². The smallest absolute Gasteiger partial charge is 0.218 e. The first kappa shape index (κ1) is 17.2. The van der Waals surface area contributed by atoms with E-state index in [0.717, 1.165) is 25.8 Å². The predicted molar refractivity (Wildman–Crippen MR) is 83.5 cm³/mol. The average Bonchev–Trinajstić information content (AvgIpc) is 2.78. The first-order chi connectivity index (χ1) is 9.72. The molecule has 2 aliphatic rings. The van der Waals surface area contributed by atoms with Gasteiger partial charge in [-0.1, -0.05) is 6.42 Å². The molecule has 0 aromatic carbocycles. The summed E-state index contributed by atoms with van der Waals surface area (Å²) in [4.78, 5) is 0. The molecule has 8 heteroatoms. The zero-order valence-corrected chi connectivity index (χ0v) is 14.4. The molecule has 2 saturated heterocycles. The minimum Gasteiger partial charge on any atom is -0.313 e. The topological polar surface area (TPSA) is 83.6 Å². The highest BCUT2D eigenvalue weighted by Gasteiger charge is 2.41. The van der Waals surface area contributed by atoms with Crippen molar-refractivity contribution in [2.45, 2.75) is 56.9 Å². The Labute approximate surface area is 128 Å². The number of sulfonamides is 1. The van der Waals surface area contributed by atoms with Crippen LogP contribution in [0.2, 0.25) is 0 Å². The molecule has 0 saturated carbocycles. The van der Waals surface area contributed by atoms with E-state index >= 15 is 0 Å². The minimum absolute atomic E-state index is 0.00941. The lowest BCUT2D eigenvalue weighted by Crippen LogP contribution is -2.50. The van der Waals surface area contributed by atoms with E-state index in [4.69, 9.17) is 0 Å². The fourth-order valence-corrected chi connectivity index (χ4v) is 7.87. The Bertz CT molecular complexity index is 551. The van der Waals surface area contributed by atoms with Crippen molar-refractivity contribution in [3.63, 3.8) is 0 Å². The summed E-state index contributed by atoms with van der Waals surface area (Å²) in [6, 6.07) is 0.0240. The van der Waals surface area contributed by atoms with Crippen molar-refractivity contribution in [1.29, 1.82) is 0 Å². The van der Waals surface area contributed by atoms with Crippen LogP contribution in [-0.2, 0) is 19.9 Å².